The molecule has 0 saturated carbocycles. The predicted molar refractivity (Wildman–Crippen MR) is 135 cm³/mol. The molecule has 0 atom stereocenters. The van der Waals surface area contributed by atoms with Gasteiger partial charge in [0.1, 0.15) is 22.9 Å². The number of ether oxygens (including phenoxy) is 1. The molecule has 34 heavy (non-hydrogen) atoms. The summed E-state index contributed by atoms with van der Waals surface area (Å²) >= 11 is 0. The van der Waals surface area contributed by atoms with Crippen molar-refractivity contribution in [2.24, 2.45) is 0 Å². The Balaban J connectivity index is 1.57. The summed E-state index contributed by atoms with van der Waals surface area (Å²) in [7, 11) is 0. The average Bonchev–Trinajstić information content (AvgIpc) is 3.24. The number of aryl methyl sites for hydroxylation is 1. The third kappa shape index (κ3) is 4.56. The highest BCUT2D eigenvalue weighted by atomic mass is 16.5. The van der Waals surface area contributed by atoms with Crippen LogP contribution >= 0.6 is 0 Å². The molecule has 180 valence electrons. The van der Waals surface area contributed by atoms with Crippen molar-refractivity contribution in [1.29, 1.82) is 0 Å². The maximum Gasteiger partial charge on any atom is 0.291 e. The van der Waals surface area contributed by atoms with E-state index in [1.54, 1.807) is 18.2 Å². The number of fused-ring (bicyclic) bond motifs is 1. The van der Waals surface area contributed by atoms with Crippen LogP contribution in [0.25, 0.3) is 0 Å². The molecule has 4 rings (SSSR count). The molecule has 1 aliphatic carbocycles. The van der Waals surface area contributed by atoms with Gasteiger partial charge < -0.3 is 19.6 Å². The van der Waals surface area contributed by atoms with E-state index in [1.807, 2.05) is 13.0 Å². The SMILES string of the molecule is CCOc1cccc(O)c1NC(=O)c1ccc(Cc2cc3c(cc2C)C(C)(C)CCC3(C)C)o1. The second-order valence-corrected chi connectivity index (χ2v) is 10.6. The monoisotopic (exact) mass is 461 g/mol. The molecule has 3 aromatic rings. The van der Waals surface area contributed by atoms with Gasteiger partial charge in [-0.25, -0.2) is 0 Å². The van der Waals surface area contributed by atoms with Crippen molar-refractivity contribution in [3.63, 3.8) is 0 Å². The lowest BCUT2D eigenvalue weighted by Crippen LogP contribution is -2.34. The zero-order chi connectivity index (χ0) is 24.7. The van der Waals surface area contributed by atoms with E-state index in [4.69, 9.17) is 9.15 Å². The van der Waals surface area contributed by atoms with E-state index in [1.165, 1.54) is 34.7 Å². The fourth-order valence-electron chi connectivity index (χ4n) is 4.84. The molecule has 2 N–H and O–H groups in total. The third-order valence-electron chi connectivity index (χ3n) is 7.10. The minimum absolute atomic E-state index is 0.0543. The van der Waals surface area contributed by atoms with Gasteiger partial charge in [0.2, 0.25) is 0 Å². The number of amides is 1. The van der Waals surface area contributed by atoms with Crippen molar-refractivity contribution in [2.45, 2.75) is 71.6 Å². The van der Waals surface area contributed by atoms with Crippen molar-refractivity contribution in [3.05, 3.63) is 76.2 Å². The second kappa shape index (κ2) is 8.86. The second-order valence-electron chi connectivity index (χ2n) is 10.6. The smallest absolute Gasteiger partial charge is 0.291 e. The minimum atomic E-state index is -0.432. The van der Waals surface area contributed by atoms with Gasteiger partial charge in [-0.3, -0.25) is 4.79 Å². The highest BCUT2D eigenvalue weighted by Crippen LogP contribution is 2.46. The number of nitrogens with one attached hydrogen (secondary N) is 1. The lowest BCUT2D eigenvalue weighted by Gasteiger charge is -2.42. The van der Waals surface area contributed by atoms with Crippen LogP contribution in [-0.2, 0) is 17.3 Å². The number of benzene rings is 2. The first kappa shape index (κ1) is 23.9. The first-order chi connectivity index (χ1) is 16.0. The average molecular weight is 462 g/mol. The Bertz CT molecular complexity index is 1220. The summed E-state index contributed by atoms with van der Waals surface area (Å²) in [5.74, 6) is 0.846. The van der Waals surface area contributed by atoms with E-state index in [2.05, 4.69) is 52.1 Å². The number of furan rings is 1. The maximum atomic E-state index is 12.8. The van der Waals surface area contributed by atoms with Crippen molar-refractivity contribution >= 4 is 11.6 Å². The van der Waals surface area contributed by atoms with E-state index in [9.17, 15) is 9.90 Å². The molecule has 1 aromatic heterocycles. The normalized spacial score (nSPS) is 16.1. The number of carbonyl (C=O) groups is 1. The number of phenols is 1. The van der Waals surface area contributed by atoms with Crippen LogP contribution in [0.4, 0.5) is 5.69 Å². The van der Waals surface area contributed by atoms with Crippen LogP contribution in [0, 0.1) is 6.92 Å². The number of hydrogen-bond acceptors (Lipinski definition) is 4. The molecule has 5 heteroatoms. The number of para-hydroxylation sites is 1. The number of aromatic hydroxyl groups is 1. The van der Waals surface area contributed by atoms with Gasteiger partial charge in [0.05, 0.1) is 6.61 Å². The first-order valence-electron chi connectivity index (χ1n) is 12.0. The predicted octanol–water partition coefficient (Wildman–Crippen LogP) is 6.88. The Kier molecular flexibility index (Phi) is 6.24. The Morgan fingerprint density at radius 2 is 1.74 bits per heavy atom. The summed E-state index contributed by atoms with van der Waals surface area (Å²) < 4.78 is 11.4. The van der Waals surface area contributed by atoms with Crippen LogP contribution in [-0.4, -0.2) is 17.6 Å². The molecular weight excluding hydrogens is 426 g/mol. The summed E-state index contributed by atoms with van der Waals surface area (Å²) in [6.07, 6.45) is 2.96. The van der Waals surface area contributed by atoms with Gasteiger partial charge in [-0.15, -0.1) is 0 Å². The van der Waals surface area contributed by atoms with Crippen LogP contribution in [0.2, 0.25) is 0 Å². The summed E-state index contributed by atoms with van der Waals surface area (Å²) in [5.41, 5.74) is 5.86. The van der Waals surface area contributed by atoms with Gasteiger partial charge in [0, 0.05) is 6.42 Å². The minimum Gasteiger partial charge on any atom is -0.506 e. The van der Waals surface area contributed by atoms with Gasteiger partial charge in [-0.05, 0) is 84.0 Å². The fourth-order valence-corrected chi connectivity index (χ4v) is 4.84. The standard InChI is InChI=1S/C29H35NO4/c1-7-33-24-10-8-9-23(31)26(24)30-27(32)25-12-11-20(34-25)16-19-17-22-21(15-18(19)2)28(3,4)13-14-29(22,5)6/h8-12,15,17,31H,7,13-14,16H2,1-6H3,(H,30,32). The van der Waals surface area contributed by atoms with Crippen LogP contribution in [0.3, 0.4) is 0 Å². The van der Waals surface area contributed by atoms with Crippen LogP contribution in [0.1, 0.15) is 86.0 Å². The molecule has 0 radical (unpaired) electrons. The lowest BCUT2D eigenvalue weighted by atomic mass is 9.62. The molecule has 2 aromatic carbocycles. The molecule has 5 nitrogen and oxygen atoms in total. The van der Waals surface area contributed by atoms with Crippen LogP contribution in [0.5, 0.6) is 11.5 Å². The topological polar surface area (TPSA) is 71.7 Å². The third-order valence-corrected chi connectivity index (χ3v) is 7.10. The van der Waals surface area contributed by atoms with Crippen LogP contribution in [0.15, 0.2) is 46.9 Å². The number of rotatable bonds is 6. The van der Waals surface area contributed by atoms with Crippen molar-refractivity contribution in [3.8, 4) is 11.5 Å². The van der Waals surface area contributed by atoms with Gasteiger partial charge in [-0.1, -0.05) is 45.9 Å². The van der Waals surface area contributed by atoms with Crippen LogP contribution < -0.4 is 10.1 Å². The number of anilines is 1. The summed E-state index contributed by atoms with van der Waals surface area (Å²) in [4.78, 5) is 12.8. The van der Waals surface area contributed by atoms with Crippen molar-refractivity contribution < 1.29 is 19.1 Å². The maximum absolute atomic E-state index is 12.8. The van der Waals surface area contributed by atoms with Gasteiger partial charge >= 0.3 is 0 Å². The molecular formula is C29H35NO4. The van der Waals surface area contributed by atoms with E-state index < -0.39 is 5.91 Å². The van der Waals surface area contributed by atoms with E-state index in [0.29, 0.717) is 18.8 Å². The Morgan fingerprint density at radius 3 is 2.41 bits per heavy atom. The summed E-state index contributed by atoms with van der Waals surface area (Å²) in [6, 6.07) is 13.1. The molecule has 0 spiro atoms. The molecule has 0 unspecified atom stereocenters. The zero-order valence-electron chi connectivity index (χ0n) is 21.0. The molecule has 0 aliphatic heterocycles. The first-order valence-corrected chi connectivity index (χ1v) is 12.0. The number of hydrogen-bond donors (Lipinski definition) is 2. The Hall–Kier alpha value is -3.21. The van der Waals surface area contributed by atoms with E-state index >= 15 is 0 Å². The lowest BCUT2D eigenvalue weighted by molar-refractivity contribution is 0.0994. The zero-order valence-corrected chi connectivity index (χ0v) is 21.0. The quantitative estimate of drug-likeness (QED) is 0.392. The van der Waals surface area contributed by atoms with Crippen molar-refractivity contribution in [1.82, 2.24) is 0 Å². The molecule has 0 fully saturated rings. The molecule has 0 bridgehead atoms. The fraction of sp³-hybridized carbons (Fsp3) is 0.414. The largest absolute Gasteiger partial charge is 0.506 e. The molecule has 1 amide bonds. The summed E-state index contributed by atoms with van der Waals surface area (Å²) in [6.45, 7) is 13.7. The van der Waals surface area contributed by atoms with E-state index in [0.717, 1.165) is 12.2 Å². The Morgan fingerprint density at radius 1 is 1.06 bits per heavy atom. The molecule has 1 heterocycles. The molecule has 0 saturated heterocycles. The van der Waals surface area contributed by atoms with Gasteiger partial charge in [0.25, 0.3) is 5.91 Å². The number of phenolic OH excluding ortho intramolecular Hbond substituents is 1. The highest BCUT2D eigenvalue weighted by Gasteiger charge is 2.37. The van der Waals surface area contributed by atoms with E-state index in [-0.39, 0.29) is 28.0 Å². The highest BCUT2D eigenvalue weighted by molar-refractivity contribution is 6.04. The van der Waals surface area contributed by atoms with Gasteiger partial charge in [-0.2, -0.15) is 0 Å². The van der Waals surface area contributed by atoms with Gasteiger partial charge in [0.15, 0.2) is 5.76 Å². The van der Waals surface area contributed by atoms with Crippen molar-refractivity contribution in [2.75, 3.05) is 11.9 Å². The summed E-state index contributed by atoms with van der Waals surface area (Å²) in [5, 5.41) is 12.9. The Labute approximate surface area is 202 Å². The molecule has 1 aliphatic rings. The number of carbonyl (C=O) groups excluding carboxylic acids is 1.